The zero-order valence-corrected chi connectivity index (χ0v) is 20.3. The Bertz CT molecular complexity index is 1500. The molecule has 3 amide bonds. The first-order valence-corrected chi connectivity index (χ1v) is 12.2. The molecule has 3 heterocycles. The minimum atomic E-state index is -4.79. The van der Waals surface area contributed by atoms with Crippen LogP contribution in [0.15, 0.2) is 79.0 Å². The smallest absolute Gasteiger partial charge is 0.357 e. The molecule has 0 saturated carbocycles. The summed E-state index contributed by atoms with van der Waals surface area (Å²) in [7, 11) is 0. The van der Waals surface area contributed by atoms with Crippen molar-refractivity contribution in [2.45, 2.75) is 18.3 Å². The first-order valence-electron chi connectivity index (χ1n) is 11.8. The van der Waals surface area contributed by atoms with E-state index in [4.69, 9.17) is 11.6 Å². The van der Waals surface area contributed by atoms with Crippen molar-refractivity contribution in [1.29, 1.82) is 0 Å². The molecule has 1 N–H and O–H groups in total. The fraction of sp³-hybridized carbons (Fsp3) is 0.179. The van der Waals surface area contributed by atoms with E-state index in [-0.39, 0.29) is 0 Å². The Labute approximate surface area is 220 Å². The van der Waals surface area contributed by atoms with E-state index in [0.29, 0.717) is 15.6 Å². The highest BCUT2D eigenvalue weighted by molar-refractivity contribution is 6.30. The van der Waals surface area contributed by atoms with Gasteiger partial charge in [-0.15, -0.1) is 0 Å². The second kappa shape index (κ2) is 8.73. The molecular formula is C28H19ClF3N3O3. The van der Waals surface area contributed by atoms with Crippen LogP contribution in [0.4, 0.5) is 24.5 Å². The highest BCUT2D eigenvalue weighted by Gasteiger charge is 2.65. The first-order chi connectivity index (χ1) is 18.2. The van der Waals surface area contributed by atoms with Gasteiger partial charge in [-0.05, 0) is 53.6 Å². The van der Waals surface area contributed by atoms with Crippen molar-refractivity contribution < 1.29 is 27.6 Å². The van der Waals surface area contributed by atoms with Gasteiger partial charge in [-0.2, -0.15) is 13.2 Å². The molecule has 3 aromatic carbocycles. The number of hydrogen-bond donors (Lipinski definition) is 1. The highest BCUT2D eigenvalue weighted by atomic mass is 35.5. The zero-order chi connectivity index (χ0) is 26.8. The standard InChI is InChI=1S/C28H19ClF3N3O3/c29-16-9-11-17(12-10-16)33-25(36)24-22-21(23-18-6-2-1-5-15(18)13-14-34(23)24)26(37)35(27(22)38)20-8-4-3-7-19(20)28(30,31)32/h1-14,21-24H,(H,33,36)/t21-,22+,23-,24-/m0/s1. The summed E-state index contributed by atoms with van der Waals surface area (Å²) >= 11 is 5.94. The molecule has 0 unspecified atom stereocenters. The molecule has 6 nitrogen and oxygen atoms in total. The largest absolute Gasteiger partial charge is 0.418 e. The van der Waals surface area contributed by atoms with Gasteiger partial charge in [-0.1, -0.05) is 48.0 Å². The first kappa shape index (κ1) is 24.2. The summed E-state index contributed by atoms with van der Waals surface area (Å²) in [5.74, 6) is -4.42. The summed E-state index contributed by atoms with van der Waals surface area (Å²) in [6, 6.07) is 16.3. The fourth-order valence-corrected chi connectivity index (χ4v) is 5.88. The number of nitrogens with zero attached hydrogens (tertiary/aromatic N) is 2. The van der Waals surface area contributed by atoms with E-state index < -0.39 is 59.1 Å². The summed E-state index contributed by atoms with van der Waals surface area (Å²) < 4.78 is 41.5. The van der Waals surface area contributed by atoms with E-state index in [1.54, 1.807) is 53.6 Å². The number of halogens is 4. The number of rotatable bonds is 3. The van der Waals surface area contributed by atoms with Gasteiger partial charge in [0.2, 0.25) is 17.7 Å². The summed E-state index contributed by atoms with van der Waals surface area (Å²) in [6.07, 6.45) is -1.32. The molecule has 10 heteroatoms. The summed E-state index contributed by atoms with van der Waals surface area (Å²) in [6.45, 7) is 0. The molecule has 2 saturated heterocycles. The van der Waals surface area contributed by atoms with E-state index in [0.717, 1.165) is 23.3 Å². The predicted octanol–water partition coefficient (Wildman–Crippen LogP) is 5.51. The number of hydrogen-bond acceptors (Lipinski definition) is 4. The second-order valence-electron chi connectivity index (χ2n) is 9.36. The number of carbonyl (C=O) groups excluding carboxylic acids is 3. The monoisotopic (exact) mass is 537 g/mol. The average molecular weight is 538 g/mol. The van der Waals surface area contributed by atoms with Crippen LogP contribution in [0.25, 0.3) is 6.08 Å². The number of benzene rings is 3. The number of para-hydroxylation sites is 1. The lowest BCUT2D eigenvalue weighted by Gasteiger charge is -2.35. The molecule has 3 aromatic rings. The van der Waals surface area contributed by atoms with Crippen LogP contribution in [0, 0.1) is 11.8 Å². The molecular weight excluding hydrogens is 519 g/mol. The van der Waals surface area contributed by atoms with Crippen LogP contribution in [-0.2, 0) is 20.6 Å². The third kappa shape index (κ3) is 3.68. The van der Waals surface area contributed by atoms with Crippen molar-refractivity contribution in [3.63, 3.8) is 0 Å². The number of nitrogens with one attached hydrogen (secondary N) is 1. The SMILES string of the molecule is O=C(Nc1ccc(Cl)cc1)[C@@H]1[C@@H]2C(=O)N(c3ccccc3C(F)(F)F)C(=O)[C@@H]2[C@@H]2c3ccccc3C=CN12. The predicted molar refractivity (Wildman–Crippen MR) is 135 cm³/mol. The lowest BCUT2D eigenvalue weighted by molar-refractivity contribution is -0.137. The van der Waals surface area contributed by atoms with Gasteiger partial charge in [0.25, 0.3) is 0 Å². The minimum Gasteiger partial charge on any atom is -0.357 e. The Balaban J connectivity index is 1.46. The maximum Gasteiger partial charge on any atom is 0.418 e. The van der Waals surface area contributed by atoms with Crippen LogP contribution >= 0.6 is 11.6 Å². The molecule has 192 valence electrons. The van der Waals surface area contributed by atoms with E-state index in [2.05, 4.69) is 5.32 Å². The molecule has 6 rings (SSSR count). The van der Waals surface area contributed by atoms with Crippen molar-refractivity contribution >= 4 is 46.8 Å². The van der Waals surface area contributed by atoms with Gasteiger partial charge < -0.3 is 10.2 Å². The Hall–Kier alpha value is -4.11. The number of amides is 3. The van der Waals surface area contributed by atoms with Crippen molar-refractivity contribution in [3.05, 3.63) is 101 Å². The molecule has 0 spiro atoms. The zero-order valence-electron chi connectivity index (χ0n) is 19.5. The van der Waals surface area contributed by atoms with Crippen LogP contribution < -0.4 is 10.2 Å². The van der Waals surface area contributed by atoms with Crippen LogP contribution in [0.2, 0.25) is 5.02 Å². The van der Waals surface area contributed by atoms with E-state index >= 15 is 0 Å². The van der Waals surface area contributed by atoms with E-state index in [1.165, 1.54) is 12.1 Å². The molecule has 0 aliphatic carbocycles. The van der Waals surface area contributed by atoms with Gasteiger partial charge in [0.15, 0.2) is 0 Å². The third-order valence-corrected chi connectivity index (χ3v) is 7.54. The fourth-order valence-electron chi connectivity index (χ4n) is 5.75. The summed E-state index contributed by atoms with van der Waals surface area (Å²) in [5.41, 5.74) is 0.327. The van der Waals surface area contributed by atoms with Gasteiger partial charge in [0.1, 0.15) is 6.04 Å². The summed E-state index contributed by atoms with van der Waals surface area (Å²) in [5, 5.41) is 3.24. The molecule has 0 radical (unpaired) electrons. The highest BCUT2D eigenvalue weighted by Crippen LogP contribution is 2.54. The molecule has 3 aliphatic rings. The number of anilines is 2. The molecule has 4 atom stereocenters. The Morgan fingerprint density at radius 1 is 0.868 bits per heavy atom. The maximum absolute atomic E-state index is 13.8. The quantitative estimate of drug-likeness (QED) is 0.447. The van der Waals surface area contributed by atoms with E-state index in [1.807, 2.05) is 12.1 Å². The topological polar surface area (TPSA) is 69.7 Å². The van der Waals surface area contributed by atoms with Gasteiger partial charge in [0.05, 0.1) is 29.1 Å². The second-order valence-corrected chi connectivity index (χ2v) is 9.79. The Kier molecular flexibility index (Phi) is 5.57. The Morgan fingerprint density at radius 2 is 1.53 bits per heavy atom. The average Bonchev–Trinajstić information content (AvgIpc) is 3.37. The van der Waals surface area contributed by atoms with Crippen molar-refractivity contribution in [3.8, 4) is 0 Å². The third-order valence-electron chi connectivity index (χ3n) is 7.29. The van der Waals surface area contributed by atoms with E-state index in [9.17, 15) is 27.6 Å². The molecule has 0 bridgehead atoms. The lowest BCUT2D eigenvalue weighted by atomic mass is 9.84. The minimum absolute atomic E-state index is 0.428. The molecule has 2 fully saturated rings. The number of alkyl halides is 3. The normalized spacial score (nSPS) is 23.8. The van der Waals surface area contributed by atoms with Gasteiger partial charge in [-0.3, -0.25) is 14.4 Å². The molecule has 3 aliphatic heterocycles. The summed E-state index contributed by atoms with van der Waals surface area (Å²) in [4.78, 5) is 43.6. The van der Waals surface area contributed by atoms with Crippen LogP contribution in [-0.4, -0.2) is 28.7 Å². The molecule has 38 heavy (non-hydrogen) atoms. The van der Waals surface area contributed by atoms with Gasteiger partial charge in [0, 0.05) is 16.9 Å². The number of imide groups is 1. The van der Waals surface area contributed by atoms with Gasteiger partial charge in [-0.25, -0.2) is 4.90 Å². The van der Waals surface area contributed by atoms with Crippen molar-refractivity contribution in [2.24, 2.45) is 11.8 Å². The maximum atomic E-state index is 13.8. The van der Waals surface area contributed by atoms with Crippen LogP contribution in [0.3, 0.4) is 0 Å². The van der Waals surface area contributed by atoms with Crippen molar-refractivity contribution in [2.75, 3.05) is 10.2 Å². The van der Waals surface area contributed by atoms with Gasteiger partial charge >= 0.3 is 6.18 Å². The number of carbonyl (C=O) groups is 3. The van der Waals surface area contributed by atoms with Crippen LogP contribution in [0.1, 0.15) is 22.7 Å². The lowest BCUT2D eigenvalue weighted by Crippen LogP contribution is -2.46. The molecule has 0 aromatic heterocycles. The van der Waals surface area contributed by atoms with Crippen molar-refractivity contribution in [1.82, 2.24) is 4.90 Å². The Morgan fingerprint density at radius 3 is 2.26 bits per heavy atom. The van der Waals surface area contributed by atoms with Crippen LogP contribution in [0.5, 0.6) is 0 Å². The number of fused-ring (bicyclic) bond motifs is 5.